The molecule has 1 rings (SSSR count). The third-order valence-corrected chi connectivity index (χ3v) is 3.34. The van der Waals surface area contributed by atoms with Gasteiger partial charge in [-0.3, -0.25) is 9.59 Å². The van der Waals surface area contributed by atoms with E-state index in [-0.39, 0.29) is 19.3 Å². The van der Waals surface area contributed by atoms with Crippen molar-refractivity contribution in [2.45, 2.75) is 65.2 Å². The first-order valence-corrected chi connectivity index (χ1v) is 7.11. The molecule has 108 valence electrons. The SMILES string of the molecule is CCCCC[C@H](C)CCC(=O)ON1C(=O)CCC1=O. The third kappa shape index (κ3) is 5.41. The Labute approximate surface area is 114 Å². The zero-order chi connectivity index (χ0) is 14.3. The van der Waals surface area contributed by atoms with Crippen molar-refractivity contribution in [3.63, 3.8) is 0 Å². The van der Waals surface area contributed by atoms with E-state index in [1.54, 1.807) is 0 Å². The summed E-state index contributed by atoms with van der Waals surface area (Å²) in [4.78, 5) is 38.9. The Morgan fingerprint density at radius 1 is 1.21 bits per heavy atom. The number of amides is 2. The Hall–Kier alpha value is -1.39. The maximum atomic E-state index is 11.6. The monoisotopic (exact) mass is 269 g/mol. The number of nitrogens with zero attached hydrogens (tertiary/aromatic N) is 1. The molecule has 5 nitrogen and oxygen atoms in total. The highest BCUT2D eigenvalue weighted by Gasteiger charge is 2.32. The molecule has 0 saturated carbocycles. The molecule has 1 atom stereocenters. The minimum absolute atomic E-state index is 0.138. The number of hydrogen-bond acceptors (Lipinski definition) is 4. The number of carbonyl (C=O) groups is 3. The van der Waals surface area contributed by atoms with Crippen LogP contribution >= 0.6 is 0 Å². The Morgan fingerprint density at radius 3 is 2.42 bits per heavy atom. The molecule has 1 aliphatic rings. The molecule has 0 aliphatic carbocycles. The smallest absolute Gasteiger partial charge is 0.330 e. The average Bonchev–Trinajstić information content (AvgIpc) is 2.68. The van der Waals surface area contributed by atoms with E-state index in [1.807, 2.05) is 0 Å². The topological polar surface area (TPSA) is 63.7 Å². The van der Waals surface area contributed by atoms with Gasteiger partial charge >= 0.3 is 5.97 Å². The summed E-state index contributed by atoms with van der Waals surface area (Å²) in [5.74, 6) is -0.876. The molecule has 1 fully saturated rings. The van der Waals surface area contributed by atoms with E-state index >= 15 is 0 Å². The zero-order valence-corrected chi connectivity index (χ0v) is 11.8. The largest absolute Gasteiger partial charge is 0.333 e. The van der Waals surface area contributed by atoms with Crippen LogP contribution in [0, 0.1) is 5.92 Å². The molecular weight excluding hydrogens is 246 g/mol. The molecule has 1 aliphatic heterocycles. The number of imide groups is 1. The molecule has 0 N–H and O–H groups in total. The minimum atomic E-state index is -0.494. The highest BCUT2D eigenvalue weighted by molar-refractivity contribution is 6.01. The van der Waals surface area contributed by atoms with Crippen molar-refractivity contribution in [3.05, 3.63) is 0 Å². The quantitative estimate of drug-likeness (QED) is 0.502. The minimum Gasteiger partial charge on any atom is -0.330 e. The highest BCUT2D eigenvalue weighted by atomic mass is 16.7. The van der Waals surface area contributed by atoms with Crippen LogP contribution < -0.4 is 0 Å². The molecular formula is C14H23NO4. The summed E-state index contributed by atoms with van der Waals surface area (Å²) in [5.41, 5.74) is 0. The van der Waals surface area contributed by atoms with Gasteiger partial charge in [0, 0.05) is 19.3 Å². The standard InChI is InChI=1S/C14H23NO4/c1-3-4-5-6-11(2)7-10-14(18)19-15-12(16)8-9-13(15)17/h11H,3-10H2,1-2H3/t11-/m0/s1. The van der Waals surface area contributed by atoms with Gasteiger partial charge in [-0.1, -0.05) is 39.5 Å². The van der Waals surface area contributed by atoms with Crippen LogP contribution in [0.25, 0.3) is 0 Å². The summed E-state index contributed by atoms with van der Waals surface area (Å²) in [6, 6.07) is 0. The van der Waals surface area contributed by atoms with E-state index in [2.05, 4.69) is 13.8 Å². The predicted molar refractivity (Wildman–Crippen MR) is 69.7 cm³/mol. The van der Waals surface area contributed by atoms with Gasteiger partial charge in [-0.05, 0) is 12.3 Å². The van der Waals surface area contributed by atoms with Crippen LogP contribution in [-0.2, 0) is 19.2 Å². The van der Waals surface area contributed by atoms with Crippen LogP contribution in [-0.4, -0.2) is 22.8 Å². The molecule has 2 amide bonds. The summed E-state index contributed by atoms with van der Waals surface area (Å²) < 4.78 is 0. The first-order chi connectivity index (χ1) is 9.04. The third-order valence-electron chi connectivity index (χ3n) is 3.34. The van der Waals surface area contributed by atoms with E-state index in [1.165, 1.54) is 19.3 Å². The molecule has 0 radical (unpaired) electrons. The van der Waals surface area contributed by atoms with E-state index in [0.717, 1.165) is 12.8 Å². The van der Waals surface area contributed by atoms with Gasteiger partial charge in [0.1, 0.15) is 0 Å². The highest BCUT2D eigenvalue weighted by Crippen LogP contribution is 2.17. The summed E-state index contributed by atoms with van der Waals surface area (Å²) in [6.45, 7) is 4.27. The lowest BCUT2D eigenvalue weighted by Gasteiger charge is -2.14. The maximum Gasteiger partial charge on any atom is 0.333 e. The number of unbranched alkanes of at least 4 members (excludes halogenated alkanes) is 2. The van der Waals surface area contributed by atoms with E-state index in [9.17, 15) is 14.4 Å². The maximum absolute atomic E-state index is 11.6. The van der Waals surface area contributed by atoms with Crippen molar-refractivity contribution in [2.75, 3.05) is 0 Å². The molecule has 1 saturated heterocycles. The number of rotatable bonds is 8. The molecule has 0 bridgehead atoms. The summed E-state index contributed by atoms with van der Waals surface area (Å²) in [7, 11) is 0. The lowest BCUT2D eigenvalue weighted by atomic mass is 9.98. The van der Waals surface area contributed by atoms with Gasteiger partial charge < -0.3 is 4.84 Å². The Balaban J connectivity index is 2.20. The Kier molecular flexibility index (Phi) is 6.53. The molecule has 19 heavy (non-hydrogen) atoms. The molecule has 0 unspecified atom stereocenters. The van der Waals surface area contributed by atoms with Crippen LogP contribution in [0.3, 0.4) is 0 Å². The lowest BCUT2D eigenvalue weighted by molar-refractivity contribution is -0.197. The molecule has 0 spiro atoms. The fourth-order valence-electron chi connectivity index (χ4n) is 2.06. The van der Waals surface area contributed by atoms with Crippen LogP contribution in [0.5, 0.6) is 0 Å². The van der Waals surface area contributed by atoms with E-state index < -0.39 is 17.8 Å². The first-order valence-electron chi connectivity index (χ1n) is 7.11. The van der Waals surface area contributed by atoms with Gasteiger partial charge in [0.2, 0.25) is 0 Å². The van der Waals surface area contributed by atoms with Crippen molar-refractivity contribution in [3.8, 4) is 0 Å². The molecule has 1 heterocycles. The summed E-state index contributed by atoms with van der Waals surface area (Å²) in [6.07, 6.45) is 5.94. The fraction of sp³-hybridized carbons (Fsp3) is 0.786. The van der Waals surface area contributed by atoms with Crippen LogP contribution in [0.15, 0.2) is 0 Å². The van der Waals surface area contributed by atoms with Crippen molar-refractivity contribution in [2.24, 2.45) is 5.92 Å². The number of hydroxylamine groups is 2. The number of hydrogen-bond donors (Lipinski definition) is 0. The van der Waals surface area contributed by atoms with Gasteiger partial charge in [0.15, 0.2) is 0 Å². The van der Waals surface area contributed by atoms with Gasteiger partial charge in [-0.15, -0.1) is 5.06 Å². The molecule has 0 aromatic rings. The second kappa shape index (κ2) is 7.92. The number of carbonyl (C=O) groups excluding carboxylic acids is 3. The predicted octanol–water partition coefficient (Wildman–Crippen LogP) is 2.59. The molecule has 0 aromatic carbocycles. The van der Waals surface area contributed by atoms with Gasteiger partial charge in [0.05, 0.1) is 0 Å². The second-order valence-corrected chi connectivity index (χ2v) is 5.18. The molecule has 5 heteroatoms. The van der Waals surface area contributed by atoms with Gasteiger partial charge in [0.25, 0.3) is 11.8 Å². The van der Waals surface area contributed by atoms with Crippen molar-refractivity contribution in [1.82, 2.24) is 5.06 Å². The van der Waals surface area contributed by atoms with Crippen LogP contribution in [0.1, 0.15) is 65.2 Å². The van der Waals surface area contributed by atoms with E-state index in [0.29, 0.717) is 11.0 Å². The van der Waals surface area contributed by atoms with Crippen molar-refractivity contribution in [1.29, 1.82) is 0 Å². The van der Waals surface area contributed by atoms with Crippen molar-refractivity contribution >= 4 is 17.8 Å². The summed E-state index contributed by atoms with van der Waals surface area (Å²) >= 11 is 0. The van der Waals surface area contributed by atoms with Crippen LogP contribution in [0.4, 0.5) is 0 Å². The van der Waals surface area contributed by atoms with Crippen molar-refractivity contribution < 1.29 is 19.2 Å². The molecule has 0 aromatic heterocycles. The Morgan fingerprint density at radius 2 is 1.84 bits per heavy atom. The van der Waals surface area contributed by atoms with Gasteiger partial charge in [-0.2, -0.15) is 0 Å². The Bertz CT molecular complexity index is 324. The zero-order valence-electron chi connectivity index (χ0n) is 11.8. The van der Waals surface area contributed by atoms with E-state index in [4.69, 9.17) is 4.84 Å². The first kappa shape index (κ1) is 15.7. The van der Waals surface area contributed by atoms with Gasteiger partial charge in [-0.25, -0.2) is 4.79 Å². The fourth-order valence-corrected chi connectivity index (χ4v) is 2.06. The lowest BCUT2D eigenvalue weighted by Crippen LogP contribution is -2.32. The second-order valence-electron chi connectivity index (χ2n) is 5.18. The summed E-state index contributed by atoms with van der Waals surface area (Å²) in [5, 5.41) is 0.615. The van der Waals surface area contributed by atoms with Crippen LogP contribution in [0.2, 0.25) is 0 Å². The normalized spacial score (nSPS) is 16.8. The average molecular weight is 269 g/mol.